The Morgan fingerprint density at radius 3 is 2.26 bits per heavy atom. The molecule has 0 saturated carbocycles. The van der Waals surface area contributed by atoms with Crippen LogP contribution in [0.2, 0.25) is 0 Å². The summed E-state index contributed by atoms with van der Waals surface area (Å²) in [4.78, 5) is 16.6. The molecule has 19 heavy (non-hydrogen) atoms. The van der Waals surface area contributed by atoms with Crippen LogP contribution in [0.1, 0.15) is 35.7 Å². The lowest BCUT2D eigenvalue weighted by Gasteiger charge is -2.35. The molecule has 0 radical (unpaired) electrons. The van der Waals surface area contributed by atoms with Gasteiger partial charge >= 0.3 is 0 Å². The van der Waals surface area contributed by atoms with Crippen LogP contribution >= 0.6 is 0 Å². The smallest absolute Gasteiger partial charge is 0.253 e. The molecule has 3 heteroatoms. The topological polar surface area (TPSA) is 23.6 Å². The zero-order valence-electron chi connectivity index (χ0n) is 12.2. The molecular weight excluding hydrogens is 236 g/mol. The van der Waals surface area contributed by atoms with Crippen molar-refractivity contribution in [1.29, 1.82) is 0 Å². The molecule has 1 amide bonds. The van der Waals surface area contributed by atoms with E-state index in [1.165, 1.54) is 5.56 Å². The summed E-state index contributed by atoms with van der Waals surface area (Å²) in [6.45, 7) is 3.87. The number of hydrogen-bond donors (Lipinski definition) is 0. The van der Waals surface area contributed by atoms with E-state index in [2.05, 4.69) is 38.1 Å². The highest BCUT2D eigenvalue weighted by Crippen LogP contribution is 2.17. The normalized spacial score (nSPS) is 16.9. The van der Waals surface area contributed by atoms with Crippen LogP contribution in [-0.4, -0.2) is 48.9 Å². The Hall–Kier alpha value is -1.35. The van der Waals surface area contributed by atoms with E-state index >= 15 is 0 Å². The molecule has 3 nitrogen and oxygen atoms in total. The van der Waals surface area contributed by atoms with E-state index in [1.807, 2.05) is 17.0 Å². The van der Waals surface area contributed by atoms with Gasteiger partial charge < -0.3 is 9.80 Å². The number of amides is 1. The fraction of sp³-hybridized carbons (Fsp3) is 0.562. The maximum Gasteiger partial charge on any atom is 0.253 e. The van der Waals surface area contributed by atoms with Crippen molar-refractivity contribution in [3.8, 4) is 0 Å². The van der Waals surface area contributed by atoms with Crippen LogP contribution in [0.15, 0.2) is 24.3 Å². The molecule has 0 atom stereocenters. The molecule has 0 aliphatic carbocycles. The van der Waals surface area contributed by atoms with Crippen molar-refractivity contribution < 1.29 is 4.79 Å². The molecule has 1 aromatic rings. The third-order valence-corrected chi connectivity index (χ3v) is 4.09. The number of benzene rings is 1. The van der Waals surface area contributed by atoms with Crippen LogP contribution in [0.4, 0.5) is 0 Å². The summed E-state index contributed by atoms with van der Waals surface area (Å²) in [6.07, 6.45) is 3.17. The summed E-state index contributed by atoms with van der Waals surface area (Å²) < 4.78 is 0. The highest BCUT2D eigenvalue weighted by atomic mass is 16.2. The molecule has 1 aliphatic heterocycles. The van der Waals surface area contributed by atoms with Gasteiger partial charge in [0.2, 0.25) is 0 Å². The molecule has 1 saturated heterocycles. The molecule has 1 aromatic carbocycles. The van der Waals surface area contributed by atoms with Crippen molar-refractivity contribution in [3.63, 3.8) is 0 Å². The second-order valence-corrected chi connectivity index (χ2v) is 5.54. The number of carbonyl (C=O) groups excluding carboxylic acids is 1. The number of hydrogen-bond acceptors (Lipinski definition) is 2. The summed E-state index contributed by atoms with van der Waals surface area (Å²) in [5.41, 5.74) is 2.10. The molecule has 1 fully saturated rings. The number of rotatable bonds is 3. The molecule has 2 rings (SSSR count). The summed E-state index contributed by atoms with van der Waals surface area (Å²) in [5.74, 6) is 0.180. The van der Waals surface area contributed by atoms with E-state index in [0.29, 0.717) is 6.04 Å². The average molecular weight is 260 g/mol. The van der Waals surface area contributed by atoms with Crippen LogP contribution < -0.4 is 0 Å². The first-order valence-corrected chi connectivity index (χ1v) is 7.16. The second kappa shape index (κ2) is 6.20. The van der Waals surface area contributed by atoms with E-state index in [0.717, 1.165) is 37.9 Å². The zero-order valence-corrected chi connectivity index (χ0v) is 12.2. The summed E-state index contributed by atoms with van der Waals surface area (Å²) in [5, 5.41) is 0. The summed E-state index contributed by atoms with van der Waals surface area (Å²) >= 11 is 0. The number of likely N-dealkylation sites (tertiary alicyclic amines) is 1. The molecule has 0 N–H and O–H groups in total. The monoisotopic (exact) mass is 260 g/mol. The fourth-order valence-corrected chi connectivity index (χ4v) is 2.65. The van der Waals surface area contributed by atoms with Crippen molar-refractivity contribution in [2.24, 2.45) is 0 Å². The van der Waals surface area contributed by atoms with E-state index in [-0.39, 0.29) is 5.91 Å². The second-order valence-electron chi connectivity index (χ2n) is 5.54. The standard InChI is InChI=1S/C16H24N2O/c1-4-13-5-7-14(8-6-13)16(19)18-11-9-15(10-12-18)17(2)3/h5-8,15H,4,9-12H2,1-3H3. The predicted octanol–water partition coefficient (Wildman–Crippen LogP) is 2.42. The quantitative estimate of drug-likeness (QED) is 0.833. The predicted molar refractivity (Wildman–Crippen MR) is 78.4 cm³/mol. The van der Waals surface area contributed by atoms with E-state index in [4.69, 9.17) is 0 Å². The van der Waals surface area contributed by atoms with Crippen LogP contribution in [0, 0.1) is 0 Å². The first kappa shape index (κ1) is 14.1. The highest BCUT2D eigenvalue weighted by molar-refractivity contribution is 5.94. The Morgan fingerprint density at radius 2 is 1.79 bits per heavy atom. The van der Waals surface area contributed by atoms with Crippen molar-refractivity contribution in [3.05, 3.63) is 35.4 Å². The number of aryl methyl sites for hydroxylation is 1. The van der Waals surface area contributed by atoms with E-state index < -0.39 is 0 Å². The van der Waals surface area contributed by atoms with E-state index in [9.17, 15) is 4.79 Å². The van der Waals surface area contributed by atoms with Gasteiger partial charge in [0.15, 0.2) is 0 Å². The molecule has 0 spiro atoms. The lowest BCUT2D eigenvalue weighted by molar-refractivity contribution is 0.0663. The number of carbonyl (C=O) groups is 1. The van der Waals surface area contributed by atoms with Gasteiger partial charge in [-0.3, -0.25) is 4.79 Å². The van der Waals surface area contributed by atoms with Crippen molar-refractivity contribution in [2.75, 3.05) is 27.2 Å². The van der Waals surface area contributed by atoms with Crippen LogP contribution in [0.25, 0.3) is 0 Å². The Balaban J connectivity index is 1.97. The van der Waals surface area contributed by atoms with Crippen molar-refractivity contribution >= 4 is 5.91 Å². The lowest BCUT2D eigenvalue weighted by atomic mass is 10.0. The van der Waals surface area contributed by atoms with Gasteiger partial charge in [-0.2, -0.15) is 0 Å². The fourth-order valence-electron chi connectivity index (χ4n) is 2.65. The van der Waals surface area contributed by atoms with Gasteiger partial charge in [0.05, 0.1) is 0 Å². The summed E-state index contributed by atoms with van der Waals surface area (Å²) in [6, 6.07) is 8.64. The summed E-state index contributed by atoms with van der Waals surface area (Å²) in [7, 11) is 4.23. The minimum absolute atomic E-state index is 0.180. The molecular formula is C16H24N2O. The van der Waals surface area contributed by atoms with Gasteiger partial charge in [-0.1, -0.05) is 19.1 Å². The molecule has 0 aromatic heterocycles. The number of nitrogens with zero attached hydrogens (tertiary/aromatic N) is 2. The van der Waals surface area contributed by atoms with Crippen LogP contribution in [0.3, 0.4) is 0 Å². The van der Waals surface area contributed by atoms with Crippen molar-refractivity contribution in [2.45, 2.75) is 32.2 Å². The molecule has 0 bridgehead atoms. The Bertz CT molecular complexity index is 417. The third kappa shape index (κ3) is 3.35. The van der Waals surface area contributed by atoms with Gasteiger partial charge in [0.1, 0.15) is 0 Å². The number of piperidine rings is 1. The van der Waals surface area contributed by atoms with Gasteiger partial charge in [-0.05, 0) is 51.1 Å². The highest BCUT2D eigenvalue weighted by Gasteiger charge is 2.24. The Labute approximate surface area is 116 Å². The largest absolute Gasteiger partial charge is 0.339 e. The molecule has 1 heterocycles. The average Bonchev–Trinajstić information content (AvgIpc) is 2.46. The SMILES string of the molecule is CCc1ccc(C(=O)N2CCC(N(C)C)CC2)cc1. The van der Waals surface area contributed by atoms with Gasteiger partial charge in [0.25, 0.3) is 5.91 Å². The maximum absolute atomic E-state index is 12.4. The Kier molecular flexibility index (Phi) is 4.59. The first-order chi connectivity index (χ1) is 9.11. The molecule has 1 aliphatic rings. The third-order valence-electron chi connectivity index (χ3n) is 4.09. The van der Waals surface area contributed by atoms with E-state index in [1.54, 1.807) is 0 Å². The van der Waals surface area contributed by atoms with Gasteiger partial charge in [-0.15, -0.1) is 0 Å². The zero-order chi connectivity index (χ0) is 13.8. The lowest BCUT2D eigenvalue weighted by Crippen LogP contribution is -2.44. The first-order valence-electron chi connectivity index (χ1n) is 7.16. The van der Waals surface area contributed by atoms with Crippen LogP contribution in [0.5, 0.6) is 0 Å². The Morgan fingerprint density at radius 1 is 1.21 bits per heavy atom. The maximum atomic E-state index is 12.4. The van der Waals surface area contributed by atoms with Crippen molar-refractivity contribution in [1.82, 2.24) is 9.80 Å². The van der Waals surface area contributed by atoms with Gasteiger partial charge in [-0.25, -0.2) is 0 Å². The molecule has 104 valence electrons. The molecule has 0 unspecified atom stereocenters. The minimum Gasteiger partial charge on any atom is -0.339 e. The minimum atomic E-state index is 0.180. The van der Waals surface area contributed by atoms with Gasteiger partial charge in [0, 0.05) is 24.7 Å². The van der Waals surface area contributed by atoms with Crippen LogP contribution in [-0.2, 0) is 6.42 Å².